The number of rotatable bonds is 4. The number of benzene rings is 2. The summed E-state index contributed by atoms with van der Waals surface area (Å²) in [5.41, 5.74) is 0.267. The van der Waals surface area contributed by atoms with Gasteiger partial charge in [0.1, 0.15) is 11.5 Å². The maximum absolute atomic E-state index is 13.2. The van der Waals surface area contributed by atoms with Crippen molar-refractivity contribution in [3.05, 3.63) is 60.2 Å². The normalized spacial score (nSPS) is 27.3. The number of ether oxygens (including phenoxy) is 2. The molecule has 1 aliphatic carbocycles. The standard InChI is InChI=1S/C22H25NO4/c1-26-22-11-10-17(24)15-20(22)23(13-12-22)21(25)16-6-5-9-19(14-16)27-18-7-3-2-4-8-18/h2-9,14,17,20,24H,10-13,15H2,1H3. The third kappa shape index (κ3) is 3.45. The van der Waals surface area contributed by atoms with E-state index in [9.17, 15) is 9.90 Å². The van der Waals surface area contributed by atoms with E-state index >= 15 is 0 Å². The van der Waals surface area contributed by atoms with Gasteiger partial charge in [-0.3, -0.25) is 4.79 Å². The highest BCUT2D eigenvalue weighted by atomic mass is 16.5. The van der Waals surface area contributed by atoms with Crippen LogP contribution >= 0.6 is 0 Å². The largest absolute Gasteiger partial charge is 0.457 e. The predicted octanol–water partition coefficient (Wildman–Crippen LogP) is 3.62. The highest BCUT2D eigenvalue weighted by Crippen LogP contribution is 2.43. The molecule has 5 nitrogen and oxygen atoms in total. The molecule has 2 fully saturated rings. The Kier molecular flexibility index (Phi) is 4.89. The molecule has 1 N–H and O–H groups in total. The van der Waals surface area contributed by atoms with E-state index < -0.39 is 0 Å². The number of aliphatic hydroxyl groups is 1. The molecule has 1 saturated heterocycles. The zero-order chi connectivity index (χ0) is 18.9. The molecule has 0 radical (unpaired) electrons. The first-order valence-corrected chi connectivity index (χ1v) is 9.48. The summed E-state index contributed by atoms with van der Waals surface area (Å²) >= 11 is 0. The first-order valence-electron chi connectivity index (χ1n) is 9.48. The van der Waals surface area contributed by atoms with E-state index in [-0.39, 0.29) is 23.7 Å². The molecule has 27 heavy (non-hydrogen) atoms. The van der Waals surface area contributed by atoms with E-state index in [0.29, 0.717) is 24.3 Å². The van der Waals surface area contributed by atoms with Gasteiger partial charge >= 0.3 is 0 Å². The van der Waals surface area contributed by atoms with E-state index in [1.807, 2.05) is 53.4 Å². The van der Waals surface area contributed by atoms with Crippen LogP contribution in [0.1, 0.15) is 36.0 Å². The highest BCUT2D eigenvalue weighted by Gasteiger charge is 2.52. The molecule has 2 aliphatic rings. The van der Waals surface area contributed by atoms with Gasteiger partial charge in [0, 0.05) is 19.2 Å². The van der Waals surface area contributed by atoms with Crippen molar-refractivity contribution >= 4 is 5.91 Å². The third-order valence-corrected chi connectivity index (χ3v) is 5.88. The molecule has 1 saturated carbocycles. The highest BCUT2D eigenvalue weighted by molar-refractivity contribution is 5.95. The lowest BCUT2D eigenvalue weighted by atomic mass is 9.79. The molecular weight excluding hydrogens is 342 g/mol. The number of amides is 1. The number of nitrogens with zero attached hydrogens (tertiary/aromatic N) is 1. The molecule has 4 rings (SSSR count). The molecule has 2 aromatic rings. The Hall–Kier alpha value is -2.37. The zero-order valence-corrected chi connectivity index (χ0v) is 15.5. The minimum atomic E-state index is -0.376. The maximum Gasteiger partial charge on any atom is 0.254 e. The SMILES string of the molecule is COC12CCC(O)CC1N(C(=O)c1cccc(Oc3ccccc3)c1)CC2. The van der Waals surface area contributed by atoms with Gasteiger partial charge in [-0.1, -0.05) is 24.3 Å². The first-order chi connectivity index (χ1) is 13.1. The molecule has 3 unspecified atom stereocenters. The Morgan fingerprint density at radius 2 is 1.89 bits per heavy atom. The number of para-hydroxylation sites is 1. The van der Waals surface area contributed by atoms with Gasteiger partial charge < -0.3 is 19.5 Å². The van der Waals surface area contributed by atoms with Crippen LogP contribution in [0.15, 0.2) is 54.6 Å². The molecule has 2 aromatic carbocycles. The molecule has 0 aromatic heterocycles. The number of hydrogen-bond donors (Lipinski definition) is 1. The topological polar surface area (TPSA) is 59.0 Å². The fourth-order valence-corrected chi connectivity index (χ4v) is 4.40. The molecular formula is C22H25NO4. The smallest absolute Gasteiger partial charge is 0.254 e. The van der Waals surface area contributed by atoms with Crippen molar-refractivity contribution in [1.82, 2.24) is 4.90 Å². The number of hydrogen-bond acceptors (Lipinski definition) is 4. The summed E-state index contributed by atoms with van der Waals surface area (Å²) in [6.07, 6.45) is 2.52. The lowest BCUT2D eigenvalue weighted by Crippen LogP contribution is -2.52. The summed E-state index contributed by atoms with van der Waals surface area (Å²) in [7, 11) is 1.72. The number of carbonyl (C=O) groups is 1. The summed E-state index contributed by atoms with van der Waals surface area (Å²) in [5.74, 6) is 1.33. The zero-order valence-electron chi connectivity index (χ0n) is 15.5. The summed E-state index contributed by atoms with van der Waals surface area (Å²) in [4.78, 5) is 15.1. The van der Waals surface area contributed by atoms with Crippen LogP contribution in [0, 0.1) is 0 Å². The molecule has 5 heteroatoms. The second kappa shape index (κ2) is 7.33. The van der Waals surface area contributed by atoms with E-state index in [2.05, 4.69) is 0 Å². The second-order valence-corrected chi connectivity index (χ2v) is 7.40. The fraction of sp³-hybridized carbons (Fsp3) is 0.409. The number of methoxy groups -OCH3 is 1. The van der Waals surface area contributed by atoms with E-state index in [1.54, 1.807) is 13.2 Å². The van der Waals surface area contributed by atoms with Gasteiger partial charge in [-0.25, -0.2) is 0 Å². The monoisotopic (exact) mass is 367 g/mol. The van der Waals surface area contributed by atoms with Crippen molar-refractivity contribution in [2.24, 2.45) is 0 Å². The van der Waals surface area contributed by atoms with Crippen molar-refractivity contribution in [1.29, 1.82) is 0 Å². The Balaban J connectivity index is 1.55. The fourth-order valence-electron chi connectivity index (χ4n) is 4.40. The average molecular weight is 367 g/mol. The Bertz CT molecular complexity index is 809. The van der Waals surface area contributed by atoms with Gasteiger partial charge in [0.05, 0.1) is 17.7 Å². The van der Waals surface area contributed by atoms with Gasteiger partial charge in [-0.05, 0) is 56.0 Å². The summed E-state index contributed by atoms with van der Waals surface area (Å²) in [6.45, 7) is 0.647. The van der Waals surface area contributed by atoms with Crippen LogP contribution in [-0.2, 0) is 4.74 Å². The van der Waals surface area contributed by atoms with E-state index in [4.69, 9.17) is 9.47 Å². The van der Waals surface area contributed by atoms with Gasteiger partial charge in [0.2, 0.25) is 0 Å². The van der Waals surface area contributed by atoms with Crippen molar-refractivity contribution in [3.63, 3.8) is 0 Å². The Labute approximate surface area is 159 Å². The van der Waals surface area contributed by atoms with Crippen LogP contribution in [-0.4, -0.2) is 47.3 Å². The lowest BCUT2D eigenvalue weighted by Gasteiger charge is -2.42. The summed E-state index contributed by atoms with van der Waals surface area (Å²) in [6, 6.07) is 16.7. The first kappa shape index (κ1) is 18.0. The number of carbonyl (C=O) groups excluding carboxylic acids is 1. The lowest BCUT2D eigenvalue weighted by molar-refractivity contribution is -0.0824. The molecule has 1 heterocycles. The Morgan fingerprint density at radius 3 is 2.67 bits per heavy atom. The maximum atomic E-state index is 13.2. The molecule has 0 bridgehead atoms. The van der Waals surface area contributed by atoms with Gasteiger partial charge in [-0.15, -0.1) is 0 Å². The summed E-state index contributed by atoms with van der Waals surface area (Å²) < 4.78 is 11.7. The number of likely N-dealkylation sites (tertiary alicyclic amines) is 1. The van der Waals surface area contributed by atoms with Crippen LogP contribution in [0.3, 0.4) is 0 Å². The van der Waals surface area contributed by atoms with Gasteiger partial charge in [-0.2, -0.15) is 0 Å². The van der Waals surface area contributed by atoms with Crippen LogP contribution in [0.25, 0.3) is 0 Å². The van der Waals surface area contributed by atoms with Crippen molar-refractivity contribution in [3.8, 4) is 11.5 Å². The minimum absolute atomic E-state index is 0.0356. The Morgan fingerprint density at radius 1 is 1.11 bits per heavy atom. The minimum Gasteiger partial charge on any atom is -0.457 e. The van der Waals surface area contributed by atoms with Gasteiger partial charge in [0.15, 0.2) is 0 Å². The van der Waals surface area contributed by atoms with Crippen molar-refractivity contribution in [2.45, 2.75) is 43.4 Å². The predicted molar refractivity (Wildman–Crippen MR) is 102 cm³/mol. The van der Waals surface area contributed by atoms with Crippen LogP contribution < -0.4 is 4.74 Å². The van der Waals surface area contributed by atoms with Crippen LogP contribution in [0.5, 0.6) is 11.5 Å². The van der Waals surface area contributed by atoms with E-state index in [0.717, 1.165) is 25.0 Å². The summed E-state index contributed by atoms with van der Waals surface area (Å²) in [5, 5.41) is 10.1. The molecule has 0 spiro atoms. The number of fused-ring (bicyclic) bond motifs is 1. The van der Waals surface area contributed by atoms with Gasteiger partial charge in [0.25, 0.3) is 5.91 Å². The quantitative estimate of drug-likeness (QED) is 0.897. The molecule has 3 atom stereocenters. The van der Waals surface area contributed by atoms with E-state index in [1.165, 1.54) is 0 Å². The van der Waals surface area contributed by atoms with Crippen molar-refractivity contribution in [2.75, 3.05) is 13.7 Å². The average Bonchev–Trinajstić information content (AvgIpc) is 3.07. The van der Waals surface area contributed by atoms with Crippen molar-refractivity contribution < 1.29 is 19.4 Å². The molecule has 1 amide bonds. The molecule has 1 aliphatic heterocycles. The van der Waals surface area contributed by atoms with Crippen LogP contribution in [0.2, 0.25) is 0 Å². The second-order valence-electron chi connectivity index (χ2n) is 7.40. The van der Waals surface area contributed by atoms with Crippen LogP contribution in [0.4, 0.5) is 0 Å². The number of aliphatic hydroxyl groups excluding tert-OH is 1. The molecule has 142 valence electrons. The third-order valence-electron chi connectivity index (χ3n) is 5.88.